The van der Waals surface area contributed by atoms with Crippen LogP contribution in [0, 0.1) is 0 Å². The van der Waals surface area contributed by atoms with Gasteiger partial charge >= 0.3 is 10.2 Å². The van der Waals surface area contributed by atoms with Gasteiger partial charge < -0.3 is 15.6 Å². The third-order valence-electron chi connectivity index (χ3n) is 5.99. The van der Waals surface area contributed by atoms with Crippen LogP contribution in [0.25, 0.3) is 11.6 Å². The van der Waals surface area contributed by atoms with Crippen LogP contribution in [0.1, 0.15) is 21.6 Å². The zero-order valence-corrected chi connectivity index (χ0v) is 21.0. The summed E-state index contributed by atoms with van der Waals surface area (Å²) in [5.74, 6) is -1.38. The van der Waals surface area contributed by atoms with Gasteiger partial charge in [-0.1, -0.05) is 24.3 Å². The number of carbonyl (C=O) groups is 3. The van der Waals surface area contributed by atoms with E-state index in [1.54, 1.807) is 41.4 Å². The second kappa shape index (κ2) is 10.4. The van der Waals surface area contributed by atoms with Crippen molar-refractivity contribution in [3.63, 3.8) is 0 Å². The molecule has 1 aliphatic rings. The number of amides is 3. The van der Waals surface area contributed by atoms with Gasteiger partial charge in [-0.15, -0.1) is 3.89 Å². The summed E-state index contributed by atoms with van der Waals surface area (Å²) in [6.07, 6.45) is 3.57. The number of benzene rings is 3. The molecule has 5 rings (SSSR count). The topological polar surface area (TPSA) is 128 Å². The first-order valence-electron chi connectivity index (χ1n) is 11.7. The van der Waals surface area contributed by atoms with Gasteiger partial charge in [0.05, 0.1) is 28.4 Å². The maximum absolute atomic E-state index is 13.5. The number of anilines is 3. The molecule has 0 aliphatic carbocycles. The smallest absolute Gasteiger partial charge is 0.332 e. The van der Waals surface area contributed by atoms with E-state index >= 15 is 0 Å². The lowest BCUT2D eigenvalue weighted by atomic mass is 10.1. The molecule has 0 atom stereocenters. The van der Waals surface area contributed by atoms with E-state index in [1.807, 2.05) is 36.4 Å². The molecule has 3 N–H and O–H groups in total. The molecule has 9 nitrogen and oxygen atoms in total. The number of nitrogens with zero attached hydrogens (tertiary/aromatic N) is 1. The van der Waals surface area contributed by atoms with Crippen LogP contribution in [0.3, 0.4) is 0 Å². The standard InChI is InChI=1S/C28H21FN4O5S/c29-39(37,38)22-12-10-18(11-13-22)27(35)31-17-26(34)32-20-5-3-7-21(15-20)33-25-9-2-1-8-23(25)24(28(33)36)16-19-6-4-14-30-19/h1-16,30H,17H2,(H,31,35)(H,32,34). The fraction of sp³-hybridized carbons (Fsp3) is 0.0357. The van der Waals surface area contributed by atoms with Gasteiger partial charge in [-0.3, -0.25) is 19.3 Å². The SMILES string of the molecule is O=C(CNC(=O)c1ccc(S(=O)(=O)F)cc1)Nc1cccc(N2C(=O)C(=Cc3ccc[nH]3)c3ccccc32)c1. The van der Waals surface area contributed by atoms with Crippen LogP contribution in [0.4, 0.5) is 20.9 Å². The second-order valence-corrected chi connectivity index (χ2v) is 9.93. The number of aromatic nitrogens is 1. The fourth-order valence-corrected chi connectivity index (χ4v) is 4.65. The Morgan fingerprint density at radius 3 is 2.44 bits per heavy atom. The minimum absolute atomic E-state index is 0.0617. The van der Waals surface area contributed by atoms with Gasteiger partial charge in [-0.05, 0) is 66.7 Å². The molecule has 1 aliphatic heterocycles. The number of aromatic amines is 1. The molecule has 0 fully saturated rings. The maximum atomic E-state index is 13.5. The Kier molecular flexibility index (Phi) is 6.82. The van der Waals surface area contributed by atoms with Crippen LogP contribution >= 0.6 is 0 Å². The average Bonchev–Trinajstić information content (AvgIpc) is 3.53. The molecule has 3 aromatic carbocycles. The second-order valence-electron chi connectivity index (χ2n) is 8.58. The molecule has 0 saturated carbocycles. The van der Waals surface area contributed by atoms with Gasteiger partial charge in [0.1, 0.15) is 0 Å². The van der Waals surface area contributed by atoms with Crippen molar-refractivity contribution in [2.24, 2.45) is 0 Å². The monoisotopic (exact) mass is 544 g/mol. The Morgan fingerprint density at radius 2 is 1.72 bits per heavy atom. The molecule has 4 aromatic rings. The van der Waals surface area contributed by atoms with E-state index in [-0.39, 0.29) is 18.0 Å². The number of halogens is 1. The highest BCUT2D eigenvalue weighted by molar-refractivity contribution is 7.86. The summed E-state index contributed by atoms with van der Waals surface area (Å²) in [6, 6.07) is 22.1. The molecule has 2 heterocycles. The van der Waals surface area contributed by atoms with Crippen molar-refractivity contribution in [1.82, 2.24) is 10.3 Å². The van der Waals surface area contributed by atoms with Crippen LogP contribution in [0.2, 0.25) is 0 Å². The predicted molar refractivity (Wildman–Crippen MR) is 144 cm³/mol. The zero-order valence-electron chi connectivity index (χ0n) is 20.2. The highest BCUT2D eigenvalue weighted by Crippen LogP contribution is 2.42. The van der Waals surface area contributed by atoms with Crippen LogP contribution in [0.15, 0.2) is 96.0 Å². The Bertz CT molecular complexity index is 1710. The Balaban J connectivity index is 1.28. The minimum Gasteiger partial charge on any atom is -0.362 e. The lowest BCUT2D eigenvalue weighted by molar-refractivity contribution is -0.115. The molecule has 0 spiro atoms. The number of rotatable bonds is 7. The molecule has 1 aromatic heterocycles. The predicted octanol–water partition coefficient (Wildman–Crippen LogP) is 4.26. The Morgan fingerprint density at radius 1 is 0.949 bits per heavy atom. The zero-order chi connectivity index (χ0) is 27.6. The quantitative estimate of drug-likeness (QED) is 0.237. The maximum Gasteiger partial charge on any atom is 0.332 e. The van der Waals surface area contributed by atoms with Gasteiger partial charge in [0.25, 0.3) is 11.8 Å². The summed E-state index contributed by atoms with van der Waals surface area (Å²) in [5, 5.41) is 5.11. The van der Waals surface area contributed by atoms with Crippen molar-refractivity contribution in [2.45, 2.75) is 4.90 Å². The molecular formula is C28H21FN4O5S. The lowest BCUT2D eigenvalue weighted by Crippen LogP contribution is -2.32. The summed E-state index contributed by atoms with van der Waals surface area (Å²) in [5.41, 5.74) is 3.84. The average molecular weight is 545 g/mol. The van der Waals surface area contributed by atoms with Gasteiger partial charge in [-0.2, -0.15) is 8.42 Å². The van der Waals surface area contributed by atoms with E-state index in [1.165, 1.54) is 0 Å². The molecule has 11 heteroatoms. The molecule has 3 amide bonds. The molecule has 0 bridgehead atoms. The summed E-state index contributed by atoms with van der Waals surface area (Å²) >= 11 is 0. The van der Waals surface area contributed by atoms with Crippen molar-refractivity contribution in [1.29, 1.82) is 0 Å². The first kappa shape index (κ1) is 25.6. The molecule has 0 unspecified atom stereocenters. The van der Waals surface area contributed by atoms with Crippen molar-refractivity contribution in [3.8, 4) is 0 Å². The summed E-state index contributed by atoms with van der Waals surface area (Å²) < 4.78 is 34.9. The van der Waals surface area contributed by atoms with Crippen molar-refractivity contribution >= 4 is 56.7 Å². The van der Waals surface area contributed by atoms with Crippen molar-refractivity contribution < 1.29 is 26.7 Å². The van der Waals surface area contributed by atoms with Gasteiger partial charge in [-0.25, -0.2) is 0 Å². The number of carbonyl (C=O) groups excluding carboxylic acids is 3. The van der Waals surface area contributed by atoms with Crippen LogP contribution in [-0.2, 0) is 19.8 Å². The fourth-order valence-electron chi connectivity index (χ4n) is 4.19. The minimum atomic E-state index is -4.88. The van der Waals surface area contributed by atoms with Gasteiger partial charge in [0.15, 0.2) is 0 Å². The number of fused-ring (bicyclic) bond motifs is 1. The lowest BCUT2D eigenvalue weighted by Gasteiger charge is -2.18. The third kappa shape index (κ3) is 5.48. The number of hydrogen-bond donors (Lipinski definition) is 3. The summed E-state index contributed by atoms with van der Waals surface area (Å²) in [4.78, 5) is 42.4. The van der Waals surface area contributed by atoms with E-state index in [9.17, 15) is 26.7 Å². The number of H-pyrrole nitrogens is 1. The molecule has 196 valence electrons. The van der Waals surface area contributed by atoms with Crippen LogP contribution in [0.5, 0.6) is 0 Å². The van der Waals surface area contributed by atoms with E-state index in [4.69, 9.17) is 0 Å². The van der Waals surface area contributed by atoms with Crippen LogP contribution in [-0.4, -0.2) is 37.7 Å². The van der Waals surface area contributed by atoms with E-state index in [0.29, 0.717) is 22.6 Å². The van der Waals surface area contributed by atoms with Crippen molar-refractivity contribution in [3.05, 3.63) is 108 Å². The largest absolute Gasteiger partial charge is 0.362 e. The molecule has 0 radical (unpaired) electrons. The van der Waals surface area contributed by atoms with Gasteiger partial charge in [0, 0.05) is 28.7 Å². The van der Waals surface area contributed by atoms with Crippen LogP contribution < -0.4 is 15.5 Å². The number of hydrogen-bond acceptors (Lipinski definition) is 5. The number of para-hydroxylation sites is 1. The van der Waals surface area contributed by atoms with E-state index < -0.39 is 26.9 Å². The summed E-state index contributed by atoms with van der Waals surface area (Å²) in [7, 11) is -4.88. The third-order valence-corrected chi connectivity index (χ3v) is 6.82. The Hall–Kier alpha value is -5.03. The first-order chi connectivity index (χ1) is 18.7. The van der Waals surface area contributed by atoms with E-state index in [2.05, 4.69) is 15.6 Å². The van der Waals surface area contributed by atoms with Gasteiger partial charge in [0.2, 0.25) is 5.91 Å². The molecule has 39 heavy (non-hydrogen) atoms. The highest BCUT2D eigenvalue weighted by atomic mass is 32.3. The van der Waals surface area contributed by atoms with Crippen molar-refractivity contribution in [2.75, 3.05) is 16.8 Å². The molecular weight excluding hydrogens is 523 g/mol. The Labute approximate surface area is 223 Å². The summed E-state index contributed by atoms with van der Waals surface area (Å²) in [6.45, 7) is -0.374. The van der Waals surface area contributed by atoms with E-state index in [0.717, 1.165) is 35.5 Å². The molecule has 0 saturated heterocycles. The normalized spacial score (nSPS) is 13.8. The first-order valence-corrected chi connectivity index (χ1v) is 13.1. The number of nitrogens with one attached hydrogen (secondary N) is 3. The highest BCUT2D eigenvalue weighted by Gasteiger charge is 2.33.